The van der Waals surface area contributed by atoms with E-state index in [0.29, 0.717) is 25.1 Å². The molecule has 0 aliphatic heterocycles. The van der Waals surface area contributed by atoms with Gasteiger partial charge in [-0.25, -0.2) is 0 Å². The Hall–Kier alpha value is -0.100. The van der Waals surface area contributed by atoms with E-state index < -0.39 is 6.04 Å². The highest BCUT2D eigenvalue weighted by atomic mass is 127. The predicted molar refractivity (Wildman–Crippen MR) is 145 cm³/mol. The first-order chi connectivity index (χ1) is 13.5. The number of carbonyl (C=O) groups is 2. The summed E-state index contributed by atoms with van der Waals surface area (Å²) in [5.74, 6) is 1.19. The number of carbonyl (C=O) groups excluding carboxylic acids is 2. The van der Waals surface area contributed by atoms with Gasteiger partial charge in [-0.05, 0) is 120 Å². The van der Waals surface area contributed by atoms with Crippen molar-refractivity contribution < 1.29 is 19.4 Å². The van der Waals surface area contributed by atoms with Crippen LogP contribution in [0.15, 0.2) is 24.3 Å². The summed E-state index contributed by atoms with van der Waals surface area (Å²) in [6.07, 6.45) is 0.387. The van der Waals surface area contributed by atoms with Gasteiger partial charge in [0.15, 0.2) is 5.75 Å². The molecule has 0 bridgehead atoms. The van der Waals surface area contributed by atoms with Crippen molar-refractivity contribution in [2.45, 2.75) is 19.4 Å². The highest BCUT2D eigenvalue weighted by Gasteiger charge is 2.23. The second kappa shape index (κ2) is 11.0. The fourth-order valence-corrected chi connectivity index (χ4v) is 6.37. The SMILES string of the molecule is CC(=O)NC(Cc1cc(I)c(Oc2cc(I)c(O)c(I)c2)c(I)c1)C(=O)N(C)C. The van der Waals surface area contributed by atoms with Gasteiger partial charge in [0.25, 0.3) is 0 Å². The third-order valence-electron chi connectivity index (χ3n) is 3.82. The molecular weight excluding hydrogens is 828 g/mol. The molecule has 1 unspecified atom stereocenters. The smallest absolute Gasteiger partial charge is 0.244 e. The lowest BCUT2D eigenvalue weighted by atomic mass is 10.0. The van der Waals surface area contributed by atoms with Crippen LogP contribution in [0.4, 0.5) is 0 Å². The van der Waals surface area contributed by atoms with Crippen molar-refractivity contribution in [3.63, 3.8) is 0 Å². The molecule has 156 valence electrons. The Morgan fingerprint density at radius 3 is 2.00 bits per heavy atom. The molecule has 0 fully saturated rings. The van der Waals surface area contributed by atoms with E-state index in [9.17, 15) is 14.7 Å². The maximum absolute atomic E-state index is 12.4. The van der Waals surface area contributed by atoms with Crippen LogP contribution in [0, 0.1) is 14.3 Å². The van der Waals surface area contributed by atoms with E-state index in [1.807, 2.05) is 12.1 Å². The molecule has 0 spiro atoms. The van der Waals surface area contributed by atoms with Gasteiger partial charge in [0.05, 0.1) is 14.3 Å². The number of nitrogens with zero attached hydrogens (tertiary/aromatic N) is 1. The maximum atomic E-state index is 12.4. The molecule has 1 atom stereocenters. The summed E-state index contributed by atoms with van der Waals surface area (Å²) in [4.78, 5) is 25.4. The second-order valence-electron chi connectivity index (χ2n) is 6.42. The van der Waals surface area contributed by atoms with Crippen molar-refractivity contribution in [1.29, 1.82) is 0 Å². The zero-order valence-corrected chi connectivity index (χ0v) is 24.4. The van der Waals surface area contributed by atoms with Crippen molar-refractivity contribution in [2.75, 3.05) is 14.1 Å². The third kappa shape index (κ3) is 6.95. The minimum absolute atomic E-state index is 0.154. The Bertz CT molecular complexity index is 904. The van der Waals surface area contributed by atoms with Crippen molar-refractivity contribution in [2.24, 2.45) is 0 Å². The number of phenolic OH excluding ortho intramolecular Hbond substituents is 1. The Balaban J connectivity index is 2.30. The summed E-state index contributed by atoms with van der Waals surface area (Å²) < 4.78 is 9.30. The first-order valence-corrected chi connectivity index (χ1v) is 12.6. The predicted octanol–water partition coefficient (Wildman–Crippen LogP) is 4.74. The van der Waals surface area contributed by atoms with Crippen LogP contribution >= 0.6 is 90.4 Å². The zero-order valence-electron chi connectivity index (χ0n) is 15.7. The molecule has 2 aromatic rings. The largest absolute Gasteiger partial charge is 0.506 e. The van der Waals surface area contributed by atoms with E-state index in [1.54, 1.807) is 26.2 Å². The summed E-state index contributed by atoms with van der Waals surface area (Å²) in [5, 5.41) is 12.7. The first-order valence-electron chi connectivity index (χ1n) is 8.31. The molecule has 0 radical (unpaired) electrons. The lowest BCUT2D eigenvalue weighted by molar-refractivity contribution is -0.133. The summed E-state index contributed by atoms with van der Waals surface area (Å²) in [7, 11) is 3.34. The van der Waals surface area contributed by atoms with Gasteiger partial charge in [0.2, 0.25) is 11.8 Å². The van der Waals surface area contributed by atoms with E-state index in [1.165, 1.54) is 11.8 Å². The van der Waals surface area contributed by atoms with Gasteiger partial charge in [-0.3, -0.25) is 9.59 Å². The number of rotatable bonds is 6. The third-order valence-corrected chi connectivity index (χ3v) is 7.07. The van der Waals surface area contributed by atoms with Crippen LogP contribution in [0.3, 0.4) is 0 Å². The monoisotopic (exact) mass is 846 g/mol. The van der Waals surface area contributed by atoms with E-state index in [-0.39, 0.29) is 17.6 Å². The van der Waals surface area contributed by atoms with E-state index in [0.717, 1.165) is 12.7 Å². The number of ether oxygens (including phenoxy) is 1. The van der Waals surface area contributed by atoms with Crippen molar-refractivity contribution in [3.8, 4) is 17.2 Å². The van der Waals surface area contributed by atoms with Crippen LogP contribution in [0.1, 0.15) is 12.5 Å². The molecule has 6 nitrogen and oxygen atoms in total. The van der Waals surface area contributed by atoms with Gasteiger partial charge in [0.1, 0.15) is 17.5 Å². The number of hydrogen-bond donors (Lipinski definition) is 2. The van der Waals surface area contributed by atoms with E-state index >= 15 is 0 Å². The standard InChI is InChI=1S/C19H18I4N2O4/c1-9(26)24-16(19(28)25(2)3)6-10-4-14(22)18(15(23)5-10)29-11-7-12(20)17(27)13(21)8-11/h4-5,7-8,16,27H,6H2,1-3H3,(H,24,26). The number of nitrogens with one attached hydrogen (secondary N) is 1. The first kappa shape index (κ1) is 25.2. The average molecular weight is 846 g/mol. The molecule has 0 aromatic heterocycles. The number of hydrogen-bond acceptors (Lipinski definition) is 4. The van der Waals surface area contributed by atoms with Crippen LogP contribution in [0.2, 0.25) is 0 Å². The number of phenols is 1. The number of likely N-dealkylation sites (N-methyl/N-ethyl adjacent to an activating group) is 1. The fourth-order valence-electron chi connectivity index (χ4n) is 2.54. The van der Waals surface area contributed by atoms with Gasteiger partial charge in [-0.2, -0.15) is 0 Å². The molecule has 2 amide bonds. The van der Waals surface area contributed by atoms with Gasteiger partial charge in [0, 0.05) is 27.4 Å². The highest BCUT2D eigenvalue weighted by Crippen LogP contribution is 2.37. The summed E-state index contributed by atoms with van der Waals surface area (Å²) >= 11 is 8.53. The minimum atomic E-state index is -0.624. The number of halogens is 4. The van der Waals surface area contributed by atoms with Gasteiger partial charge in [-0.15, -0.1) is 0 Å². The molecule has 0 saturated carbocycles. The number of aromatic hydroxyl groups is 1. The van der Waals surface area contributed by atoms with E-state index in [4.69, 9.17) is 4.74 Å². The summed E-state index contributed by atoms with van der Waals surface area (Å²) in [6.45, 7) is 1.40. The van der Waals surface area contributed by atoms with E-state index in [2.05, 4.69) is 95.7 Å². The van der Waals surface area contributed by atoms with Crippen molar-refractivity contribution in [1.82, 2.24) is 10.2 Å². The van der Waals surface area contributed by atoms with Gasteiger partial charge < -0.3 is 20.1 Å². The van der Waals surface area contributed by atoms with Crippen molar-refractivity contribution >= 4 is 102 Å². The fraction of sp³-hybridized carbons (Fsp3) is 0.263. The Labute approximate surface area is 224 Å². The average Bonchev–Trinajstić information content (AvgIpc) is 2.61. The van der Waals surface area contributed by atoms with Gasteiger partial charge >= 0.3 is 0 Å². The Kier molecular flexibility index (Phi) is 9.52. The lowest BCUT2D eigenvalue weighted by Gasteiger charge is -2.22. The molecule has 0 aliphatic rings. The second-order valence-corrected chi connectivity index (χ2v) is 11.1. The highest BCUT2D eigenvalue weighted by molar-refractivity contribution is 14.1. The summed E-state index contributed by atoms with van der Waals surface area (Å²) in [6, 6.07) is 6.83. The Morgan fingerprint density at radius 2 is 1.55 bits per heavy atom. The molecule has 2 rings (SSSR count). The molecule has 0 saturated heterocycles. The molecule has 2 aromatic carbocycles. The normalized spacial score (nSPS) is 11.7. The van der Waals surface area contributed by atoms with Crippen LogP contribution < -0.4 is 10.1 Å². The Morgan fingerprint density at radius 1 is 1.03 bits per heavy atom. The molecular formula is C19H18I4N2O4. The molecule has 2 N–H and O–H groups in total. The zero-order chi connectivity index (χ0) is 21.9. The molecule has 0 heterocycles. The molecule has 29 heavy (non-hydrogen) atoms. The molecule has 0 aliphatic carbocycles. The molecule has 10 heteroatoms. The number of amides is 2. The van der Waals surface area contributed by atoms with Crippen LogP contribution in [0.5, 0.6) is 17.2 Å². The van der Waals surface area contributed by atoms with Gasteiger partial charge in [-0.1, -0.05) is 0 Å². The summed E-state index contributed by atoms with van der Waals surface area (Å²) in [5.41, 5.74) is 0.926. The number of benzene rings is 2. The van der Waals surface area contributed by atoms with Crippen molar-refractivity contribution in [3.05, 3.63) is 44.1 Å². The lowest BCUT2D eigenvalue weighted by Crippen LogP contribution is -2.46. The topological polar surface area (TPSA) is 78.9 Å². The quantitative estimate of drug-likeness (QED) is 0.413. The van der Waals surface area contributed by atoms with Crippen LogP contribution in [-0.4, -0.2) is 42.0 Å². The maximum Gasteiger partial charge on any atom is 0.244 e. The minimum Gasteiger partial charge on any atom is -0.506 e. The van der Waals surface area contributed by atoms with Crippen LogP contribution in [0.25, 0.3) is 0 Å². The van der Waals surface area contributed by atoms with Crippen LogP contribution in [-0.2, 0) is 16.0 Å².